The van der Waals surface area contributed by atoms with E-state index in [9.17, 15) is 60.7 Å². The lowest BCUT2D eigenvalue weighted by Gasteiger charge is -2.48. The standard InChI is InChI=1S/C37H48O20/c1-15-26(44)28(46)30(48)35(52-15)51-14-24-32(56-25(43)9-6-18-4-7-20(39)22(41)12-18)33(57-36-31(49)29(47)27(45)16(2)53-36)34(54-17(3)38)37(55-24)50-11-10-19-5-8-21(40)23(42)13-19/h4-9,12-13,15-16,24,26-37,39-42,44-49H,10-11,14H2,1-3H3/b9-6+/t15-,16-,24+,26-,27-,28+,29+,30+,31+,32+,33-,34+,35+,36-,37+/m0/s1. The van der Waals surface area contributed by atoms with Crippen LogP contribution in [0.1, 0.15) is 31.9 Å². The van der Waals surface area contributed by atoms with E-state index in [1.165, 1.54) is 50.3 Å². The van der Waals surface area contributed by atoms with E-state index in [1.807, 2.05) is 0 Å². The van der Waals surface area contributed by atoms with Gasteiger partial charge in [-0.1, -0.05) is 12.1 Å². The maximum atomic E-state index is 13.5. The van der Waals surface area contributed by atoms with Gasteiger partial charge in [-0.05, 0) is 61.7 Å². The molecule has 57 heavy (non-hydrogen) atoms. The number of aliphatic hydroxyl groups excluding tert-OH is 6. The van der Waals surface area contributed by atoms with E-state index in [-0.39, 0.29) is 24.3 Å². The number of hydrogen-bond acceptors (Lipinski definition) is 20. The number of esters is 2. The monoisotopic (exact) mass is 812 g/mol. The van der Waals surface area contributed by atoms with Crippen molar-refractivity contribution in [2.75, 3.05) is 13.2 Å². The summed E-state index contributed by atoms with van der Waals surface area (Å²) >= 11 is 0. The van der Waals surface area contributed by atoms with Gasteiger partial charge in [0, 0.05) is 13.0 Å². The number of ether oxygens (including phenoxy) is 8. The zero-order valence-corrected chi connectivity index (χ0v) is 31.0. The normalized spacial score (nSPS) is 35.8. The van der Waals surface area contributed by atoms with Crippen molar-refractivity contribution >= 4 is 18.0 Å². The summed E-state index contributed by atoms with van der Waals surface area (Å²) in [5.74, 6) is -3.59. The van der Waals surface area contributed by atoms with E-state index >= 15 is 0 Å². The fraction of sp³-hybridized carbons (Fsp3) is 0.568. The molecule has 0 spiro atoms. The Hall–Kier alpha value is -4.16. The van der Waals surface area contributed by atoms with Crippen LogP contribution in [0.3, 0.4) is 0 Å². The van der Waals surface area contributed by atoms with Crippen molar-refractivity contribution in [1.29, 1.82) is 0 Å². The molecule has 10 N–H and O–H groups in total. The third-order valence-electron chi connectivity index (χ3n) is 9.60. The molecule has 20 heteroatoms. The summed E-state index contributed by atoms with van der Waals surface area (Å²) in [4.78, 5) is 26.1. The minimum Gasteiger partial charge on any atom is -0.504 e. The van der Waals surface area contributed by atoms with E-state index in [2.05, 4.69) is 0 Å². The maximum Gasteiger partial charge on any atom is 0.331 e. The first-order valence-corrected chi connectivity index (χ1v) is 18.0. The lowest BCUT2D eigenvalue weighted by Crippen LogP contribution is -2.66. The van der Waals surface area contributed by atoms with Crippen molar-refractivity contribution in [3.05, 3.63) is 53.6 Å². The zero-order chi connectivity index (χ0) is 41.7. The predicted octanol–water partition coefficient (Wildman–Crippen LogP) is -1.59. The minimum atomic E-state index is -1.90. The van der Waals surface area contributed by atoms with Crippen molar-refractivity contribution in [3.63, 3.8) is 0 Å². The van der Waals surface area contributed by atoms with Crippen LogP contribution in [0.25, 0.3) is 6.08 Å². The minimum absolute atomic E-state index is 0.107. The quantitative estimate of drug-likeness (QED) is 0.0619. The van der Waals surface area contributed by atoms with E-state index in [0.717, 1.165) is 19.1 Å². The number of aromatic hydroxyl groups is 4. The Morgan fingerprint density at radius 2 is 1.25 bits per heavy atom. The van der Waals surface area contributed by atoms with E-state index in [1.54, 1.807) is 0 Å². The van der Waals surface area contributed by atoms with Gasteiger partial charge in [0.15, 0.2) is 54.1 Å². The van der Waals surface area contributed by atoms with Gasteiger partial charge in [-0.15, -0.1) is 0 Å². The van der Waals surface area contributed by atoms with Gasteiger partial charge in [0.2, 0.25) is 0 Å². The highest BCUT2D eigenvalue weighted by Gasteiger charge is 2.55. The second kappa shape index (κ2) is 19.1. The van der Waals surface area contributed by atoms with Crippen LogP contribution in [0.15, 0.2) is 42.5 Å². The van der Waals surface area contributed by atoms with Crippen LogP contribution in [0, 0.1) is 0 Å². The smallest absolute Gasteiger partial charge is 0.331 e. The van der Waals surface area contributed by atoms with E-state index in [0.29, 0.717) is 5.56 Å². The highest BCUT2D eigenvalue weighted by atomic mass is 16.8. The fourth-order valence-electron chi connectivity index (χ4n) is 6.38. The average Bonchev–Trinajstić information content (AvgIpc) is 3.16. The summed E-state index contributed by atoms with van der Waals surface area (Å²) in [5.41, 5.74) is 0.776. The summed E-state index contributed by atoms with van der Waals surface area (Å²) in [6, 6.07) is 7.79. The van der Waals surface area contributed by atoms with Crippen molar-refractivity contribution in [1.82, 2.24) is 0 Å². The summed E-state index contributed by atoms with van der Waals surface area (Å²) in [6.45, 7) is 3.05. The second-order valence-electron chi connectivity index (χ2n) is 13.8. The number of phenols is 4. The zero-order valence-electron chi connectivity index (χ0n) is 31.0. The van der Waals surface area contributed by atoms with Gasteiger partial charge < -0.3 is 89.0 Å². The maximum absolute atomic E-state index is 13.5. The van der Waals surface area contributed by atoms with Crippen LogP contribution < -0.4 is 0 Å². The first kappa shape index (κ1) is 44.0. The molecule has 0 amide bonds. The summed E-state index contributed by atoms with van der Waals surface area (Å²) in [6.07, 6.45) is -21.3. The van der Waals surface area contributed by atoms with Gasteiger partial charge in [0.25, 0.3) is 0 Å². The number of benzene rings is 2. The Morgan fingerprint density at radius 3 is 1.86 bits per heavy atom. The van der Waals surface area contributed by atoms with Crippen LogP contribution in [-0.4, -0.2) is 168 Å². The molecule has 0 aliphatic carbocycles. The molecule has 20 nitrogen and oxygen atoms in total. The van der Waals surface area contributed by atoms with Gasteiger partial charge >= 0.3 is 11.9 Å². The molecule has 15 atom stereocenters. The Morgan fingerprint density at radius 1 is 0.649 bits per heavy atom. The highest BCUT2D eigenvalue weighted by Crippen LogP contribution is 2.35. The highest BCUT2D eigenvalue weighted by molar-refractivity contribution is 5.87. The molecule has 5 rings (SSSR count). The van der Waals surface area contributed by atoms with Crippen molar-refractivity contribution in [3.8, 4) is 23.0 Å². The number of phenolic OH excluding ortho intramolecular Hbond substituents is 4. The molecule has 316 valence electrons. The molecule has 3 saturated heterocycles. The van der Waals surface area contributed by atoms with Crippen LogP contribution in [0.5, 0.6) is 23.0 Å². The first-order chi connectivity index (χ1) is 26.9. The molecule has 2 aromatic rings. The van der Waals surface area contributed by atoms with Gasteiger partial charge in [0.05, 0.1) is 25.4 Å². The lowest BCUT2D eigenvalue weighted by atomic mass is 9.96. The summed E-state index contributed by atoms with van der Waals surface area (Å²) in [5, 5.41) is 102. The Kier molecular flexibility index (Phi) is 14.7. The number of carbonyl (C=O) groups excluding carboxylic acids is 2. The van der Waals surface area contributed by atoms with Crippen molar-refractivity contribution in [2.24, 2.45) is 0 Å². The van der Waals surface area contributed by atoms with Crippen LogP contribution in [-0.2, 0) is 53.9 Å². The Bertz CT molecular complexity index is 1710. The first-order valence-electron chi connectivity index (χ1n) is 18.0. The van der Waals surface area contributed by atoms with Gasteiger partial charge in [0.1, 0.15) is 48.8 Å². The Balaban J connectivity index is 1.50. The molecule has 2 aromatic carbocycles. The number of aliphatic hydroxyl groups is 6. The predicted molar refractivity (Wildman–Crippen MR) is 188 cm³/mol. The summed E-state index contributed by atoms with van der Waals surface area (Å²) in [7, 11) is 0. The third kappa shape index (κ3) is 10.7. The van der Waals surface area contributed by atoms with Gasteiger partial charge in [-0.25, -0.2) is 4.79 Å². The molecule has 3 heterocycles. The Labute approximate surface area is 325 Å². The topological polar surface area (TPSA) is 310 Å². The molecule has 3 aliphatic rings. The van der Waals surface area contributed by atoms with Crippen molar-refractivity contribution in [2.45, 2.75) is 119 Å². The SMILES string of the molecule is CC(=O)O[C@H]1[C@H](OCCc2ccc(O)c(O)c2)O[C@H](CO[C@@H]2O[C@@H](C)[C@H](O)[C@@H](O)[C@H]2O)[C@@H](OC(=O)/C=C/c2ccc(O)c(O)c2)[C@@H]1O[C@@H]1O[C@@H](C)[C@H](O)[C@@H](O)[C@H]1O. The van der Waals surface area contributed by atoms with E-state index < -0.39 is 128 Å². The largest absolute Gasteiger partial charge is 0.504 e. The molecule has 3 fully saturated rings. The average molecular weight is 813 g/mol. The number of hydrogen-bond donors (Lipinski definition) is 10. The molecule has 0 aromatic heterocycles. The lowest BCUT2D eigenvalue weighted by molar-refractivity contribution is -0.364. The molecule has 0 bridgehead atoms. The fourth-order valence-corrected chi connectivity index (χ4v) is 6.38. The van der Waals surface area contributed by atoms with Crippen LogP contribution >= 0.6 is 0 Å². The molecule has 3 aliphatic heterocycles. The van der Waals surface area contributed by atoms with Crippen LogP contribution in [0.2, 0.25) is 0 Å². The molecular weight excluding hydrogens is 764 g/mol. The third-order valence-corrected chi connectivity index (χ3v) is 9.60. The van der Waals surface area contributed by atoms with Gasteiger partial charge in [-0.3, -0.25) is 4.79 Å². The van der Waals surface area contributed by atoms with Crippen molar-refractivity contribution < 1.29 is 98.5 Å². The molecule has 0 saturated carbocycles. The molecule has 0 radical (unpaired) electrons. The molecule has 0 unspecified atom stereocenters. The van der Waals surface area contributed by atoms with Crippen LogP contribution in [0.4, 0.5) is 0 Å². The van der Waals surface area contributed by atoms with Gasteiger partial charge in [-0.2, -0.15) is 0 Å². The second-order valence-corrected chi connectivity index (χ2v) is 13.8. The van der Waals surface area contributed by atoms with E-state index in [4.69, 9.17) is 37.9 Å². The number of rotatable bonds is 13. The number of carbonyl (C=O) groups is 2. The molecular formula is C37H48O20. The summed E-state index contributed by atoms with van der Waals surface area (Å²) < 4.78 is 46.8.